The minimum atomic E-state index is -1.06. The monoisotopic (exact) mass is 644 g/mol. The summed E-state index contributed by atoms with van der Waals surface area (Å²) in [6.45, 7) is 7.41. The Morgan fingerprint density at radius 3 is 2.45 bits per heavy atom. The van der Waals surface area contributed by atoms with E-state index in [1.165, 1.54) is 4.90 Å². The van der Waals surface area contributed by atoms with Crippen LogP contribution in [0.2, 0.25) is 0 Å². The van der Waals surface area contributed by atoms with Crippen LogP contribution in [0.1, 0.15) is 70.9 Å². The Bertz CT molecular complexity index is 1520. The second kappa shape index (κ2) is 14.0. The highest BCUT2D eigenvalue weighted by Gasteiger charge is 2.54. The highest BCUT2D eigenvalue weighted by atomic mass is 16.7. The summed E-state index contributed by atoms with van der Waals surface area (Å²) in [7, 11) is 0. The van der Waals surface area contributed by atoms with Crippen LogP contribution in [0.4, 0.5) is 0 Å². The molecule has 0 unspecified atom stereocenters. The molecule has 1 spiro atoms. The van der Waals surface area contributed by atoms with Gasteiger partial charge in [-0.3, -0.25) is 39.3 Å². The number of pyridine rings is 1. The Hall–Kier alpha value is -4.58. The van der Waals surface area contributed by atoms with Crippen LogP contribution in [0.5, 0.6) is 0 Å². The molecule has 2 fully saturated rings. The highest BCUT2D eigenvalue weighted by Crippen LogP contribution is 2.38. The molecule has 250 valence electrons. The maximum absolute atomic E-state index is 14.5. The van der Waals surface area contributed by atoms with E-state index in [-0.39, 0.29) is 37.8 Å². The number of nitrogens with zero attached hydrogens (tertiary/aromatic N) is 2. The second-order valence-electron chi connectivity index (χ2n) is 13.7. The number of carbonyl (C=O) groups is 5. The first kappa shape index (κ1) is 33.8. The molecule has 0 bridgehead atoms. The first-order valence-electron chi connectivity index (χ1n) is 16.3. The Morgan fingerprint density at radius 1 is 1.06 bits per heavy atom. The molecule has 3 heterocycles. The summed E-state index contributed by atoms with van der Waals surface area (Å²) in [6.07, 6.45) is 7.68. The minimum Gasteiger partial charge on any atom is -0.347 e. The van der Waals surface area contributed by atoms with Gasteiger partial charge in [-0.1, -0.05) is 70.5 Å². The van der Waals surface area contributed by atoms with Gasteiger partial charge in [0, 0.05) is 24.9 Å². The van der Waals surface area contributed by atoms with Gasteiger partial charge in [0.1, 0.15) is 17.7 Å². The maximum Gasteiger partial charge on any atom is 0.289 e. The number of hydrogen-bond acceptors (Lipinski definition) is 8. The van der Waals surface area contributed by atoms with Gasteiger partial charge in [0.15, 0.2) is 0 Å². The fraction of sp³-hybridized carbons (Fsp3) is 0.486. The summed E-state index contributed by atoms with van der Waals surface area (Å²) in [6, 6.07) is 9.98. The normalized spacial score (nSPS) is 21.7. The fourth-order valence-corrected chi connectivity index (χ4v) is 5.97. The molecule has 4 atom stereocenters. The lowest BCUT2D eigenvalue weighted by Crippen LogP contribution is -2.59. The molecule has 4 N–H and O–H groups in total. The highest BCUT2D eigenvalue weighted by molar-refractivity contribution is 6.38. The van der Waals surface area contributed by atoms with E-state index in [1.54, 1.807) is 24.5 Å². The number of amides is 4. The lowest BCUT2D eigenvalue weighted by Gasteiger charge is -2.35. The van der Waals surface area contributed by atoms with E-state index in [0.717, 1.165) is 18.4 Å². The Balaban J connectivity index is 1.41. The van der Waals surface area contributed by atoms with Gasteiger partial charge in [-0.05, 0) is 47.9 Å². The molecule has 1 saturated heterocycles. The lowest BCUT2D eigenvalue weighted by atomic mass is 9.85. The number of rotatable bonds is 12. The molecule has 5 rings (SSSR count). The molecule has 0 radical (unpaired) electrons. The molecule has 12 nitrogen and oxygen atoms in total. The van der Waals surface area contributed by atoms with Crippen molar-refractivity contribution in [1.82, 2.24) is 31.3 Å². The molecule has 3 aliphatic rings. The van der Waals surface area contributed by atoms with Crippen molar-refractivity contribution in [3.63, 3.8) is 0 Å². The molecule has 12 heteroatoms. The summed E-state index contributed by atoms with van der Waals surface area (Å²) >= 11 is 0. The van der Waals surface area contributed by atoms with E-state index in [0.29, 0.717) is 17.7 Å². The number of benzene rings is 1. The molecular formula is C35H44N6O6. The van der Waals surface area contributed by atoms with Crippen LogP contribution in [0.3, 0.4) is 0 Å². The predicted octanol–water partition coefficient (Wildman–Crippen LogP) is 2.20. The number of hydroxylamine groups is 1. The van der Waals surface area contributed by atoms with E-state index in [4.69, 9.17) is 4.84 Å². The van der Waals surface area contributed by atoms with Crippen LogP contribution in [0.25, 0.3) is 5.70 Å². The summed E-state index contributed by atoms with van der Waals surface area (Å²) in [5, 5.41) is 8.40. The van der Waals surface area contributed by atoms with Gasteiger partial charge in [0.2, 0.25) is 23.5 Å². The Labute approximate surface area is 275 Å². The molecule has 1 aliphatic carbocycles. The standard InChI is InChI=1S/C35H44N6O6/c1-5-10-25(29(43)32(45)37-24-14-15-24)38-31(44)27-19-35(18-26(40-47-35)23-12-7-6-8-13-23)21-41(27)33(46)30(34(2,3)4)39-28(42)17-22-11-9-16-36-20-22/h6-9,11-13,16,18,20,24-25,27,30,40H,5,10,14-15,17,19,21H2,1-4H3,(H,37,45)(H,38,44)(H,39,42)/t25-,27-,30+,35+/m0/s1. The van der Waals surface area contributed by atoms with Crippen molar-refractivity contribution in [2.75, 3.05) is 6.54 Å². The van der Waals surface area contributed by atoms with Gasteiger partial charge in [0.05, 0.1) is 24.7 Å². The van der Waals surface area contributed by atoms with Crippen LogP contribution in [0, 0.1) is 5.41 Å². The number of Topliss-reactive ketones (excluding diaryl/α,β-unsaturated/α-hetero) is 1. The van der Waals surface area contributed by atoms with Crippen molar-refractivity contribution in [2.24, 2.45) is 5.41 Å². The van der Waals surface area contributed by atoms with Gasteiger partial charge in [-0.15, -0.1) is 0 Å². The number of hydrogen-bond donors (Lipinski definition) is 4. The van der Waals surface area contributed by atoms with E-state index in [2.05, 4.69) is 26.4 Å². The summed E-state index contributed by atoms with van der Waals surface area (Å²) in [5.41, 5.74) is 3.47. The third-order valence-electron chi connectivity index (χ3n) is 8.65. The third-order valence-corrected chi connectivity index (χ3v) is 8.65. The van der Waals surface area contributed by atoms with Crippen LogP contribution in [0.15, 0.2) is 60.9 Å². The summed E-state index contributed by atoms with van der Waals surface area (Å²) < 4.78 is 0. The smallest absolute Gasteiger partial charge is 0.289 e. The average molecular weight is 645 g/mol. The van der Waals surface area contributed by atoms with Crippen LogP contribution >= 0.6 is 0 Å². The van der Waals surface area contributed by atoms with Crippen molar-refractivity contribution >= 4 is 35.1 Å². The quantitative estimate of drug-likeness (QED) is 0.256. The first-order valence-corrected chi connectivity index (χ1v) is 16.3. The molecule has 2 aromatic rings. The van der Waals surface area contributed by atoms with E-state index < -0.39 is 52.6 Å². The molecule has 1 aromatic carbocycles. The van der Waals surface area contributed by atoms with Crippen LogP contribution in [-0.4, -0.2) is 75.6 Å². The van der Waals surface area contributed by atoms with Gasteiger partial charge in [-0.25, -0.2) is 0 Å². The minimum absolute atomic E-state index is 0.00691. The van der Waals surface area contributed by atoms with Gasteiger partial charge >= 0.3 is 0 Å². The second-order valence-corrected chi connectivity index (χ2v) is 13.7. The van der Waals surface area contributed by atoms with E-state index in [1.807, 2.05) is 64.1 Å². The molecule has 4 amide bonds. The van der Waals surface area contributed by atoms with Gasteiger partial charge in [-0.2, -0.15) is 0 Å². The SMILES string of the molecule is CCC[C@H](NC(=O)[C@@H]1C[C@]2(C=C(c3ccccc3)NO2)CN1C(=O)[C@@H](NC(=O)Cc1cccnc1)C(C)(C)C)C(=O)C(=O)NC1CC1. The fourth-order valence-electron chi connectivity index (χ4n) is 5.97. The van der Waals surface area contributed by atoms with Crippen molar-refractivity contribution in [2.45, 2.75) is 96.0 Å². The molecule has 47 heavy (non-hydrogen) atoms. The molecular weight excluding hydrogens is 600 g/mol. The molecule has 1 aromatic heterocycles. The number of likely N-dealkylation sites (tertiary alicyclic amines) is 1. The number of nitrogens with one attached hydrogen (secondary N) is 4. The zero-order valence-corrected chi connectivity index (χ0v) is 27.4. The number of carbonyl (C=O) groups excluding carboxylic acids is 5. The van der Waals surface area contributed by atoms with Crippen molar-refractivity contribution < 1.29 is 28.8 Å². The zero-order chi connectivity index (χ0) is 33.8. The van der Waals surface area contributed by atoms with E-state index in [9.17, 15) is 24.0 Å². The zero-order valence-electron chi connectivity index (χ0n) is 27.4. The third kappa shape index (κ3) is 8.23. The first-order chi connectivity index (χ1) is 22.4. The Kier molecular flexibility index (Phi) is 10.1. The van der Waals surface area contributed by atoms with Crippen molar-refractivity contribution in [1.29, 1.82) is 0 Å². The Morgan fingerprint density at radius 2 is 1.81 bits per heavy atom. The largest absolute Gasteiger partial charge is 0.347 e. The predicted molar refractivity (Wildman–Crippen MR) is 174 cm³/mol. The van der Waals surface area contributed by atoms with E-state index >= 15 is 0 Å². The maximum atomic E-state index is 14.5. The number of ketones is 1. The lowest BCUT2D eigenvalue weighted by molar-refractivity contribution is -0.145. The topological polar surface area (TPSA) is 159 Å². The summed E-state index contributed by atoms with van der Waals surface area (Å²) in [4.78, 5) is 79.0. The van der Waals surface area contributed by atoms with Gasteiger partial charge < -0.3 is 20.9 Å². The van der Waals surface area contributed by atoms with Crippen molar-refractivity contribution in [3.05, 3.63) is 72.1 Å². The van der Waals surface area contributed by atoms with Crippen LogP contribution in [-0.2, 0) is 35.2 Å². The number of aromatic nitrogens is 1. The van der Waals surface area contributed by atoms with Gasteiger partial charge in [0.25, 0.3) is 5.91 Å². The average Bonchev–Trinajstić information content (AvgIpc) is 3.64. The summed E-state index contributed by atoms with van der Waals surface area (Å²) in [5.74, 6) is -2.81. The van der Waals surface area contributed by atoms with Crippen molar-refractivity contribution in [3.8, 4) is 0 Å². The van der Waals surface area contributed by atoms with Crippen LogP contribution < -0.4 is 21.4 Å². The molecule has 2 aliphatic heterocycles. The molecule has 1 saturated carbocycles.